The van der Waals surface area contributed by atoms with E-state index in [1.165, 1.54) is 45.1 Å². The Bertz CT molecular complexity index is 235. The highest BCUT2D eigenvalue weighted by molar-refractivity contribution is 4.94. The molecule has 0 radical (unpaired) electrons. The van der Waals surface area contributed by atoms with Crippen molar-refractivity contribution in [3.8, 4) is 0 Å². The summed E-state index contributed by atoms with van der Waals surface area (Å²) in [5.74, 6) is 1.71. The van der Waals surface area contributed by atoms with E-state index in [9.17, 15) is 0 Å². The maximum atomic E-state index is 6.00. The second kappa shape index (κ2) is 5.71. The summed E-state index contributed by atoms with van der Waals surface area (Å²) in [5, 5.41) is 3.55. The molecule has 0 bridgehead atoms. The highest BCUT2D eigenvalue weighted by Gasteiger charge is 2.42. The summed E-state index contributed by atoms with van der Waals surface area (Å²) in [6.07, 6.45) is 8.03. The molecule has 1 saturated heterocycles. The van der Waals surface area contributed by atoms with Crippen LogP contribution in [0.1, 0.15) is 59.3 Å². The number of ether oxygens (including phenoxy) is 1. The lowest BCUT2D eigenvalue weighted by atomic mass is 9.70. The molecule has 2 fully saturated rings. The van der Waals surface area contributed by atoms with Crippen LogP contribution in [0.5, 0.6) is 0 Å². The first-order valence-corrected chi connectivity index (χ1v) is 7.47. The monoisotopic (exact) mass is 239 g/mol. The van der Waals surface area contributed by atoms with E-state index in [4.69, 9.17) is 4.74 Å². The molecule has 2 nitrogen and oxygen atoms in total. The molecule has 17 heavy (non-hydrogen) atoms. The molecule has 2 heteroatoms. The van der Waals surface area contributed by atoms with Crippen molar-refractivity contribution in [3.05, 3.63) is 0 Å². The minimum Gasteiger partial charge on any atom is -0.375 e. The Labute approximate surface area is 107 Å². The Hall–Kier alpha value is -0.0800. The third-order valence-electron chi connectivity index (χ3n) is 4.47. The molecule has 2 rings (SSSR count). The van der Waals surface area contributed by atoms with Gasteiger partial charge in [-0.1, -0.05) is 20.8 Å². The van der Waals surface area contributed by atoms with E-state index < -0.39 is 0 Å². The van der Waals surface area contributed by atoms with Gasteiger partial charge in [0.1, 0.15) is 0 Å². The molecule has 1 aliphatic heterocycles. The summed E-state index contributed by atoms with van der Waals surface area (Å²) in [6.45, 7) is 9.02. The third-order valence-corrected chi connectivity index (χ3v) is 4.47. The largest absolute Gasteiger partial charge is 0.375 e. The average Bonchev–Trinajstić information content (AvgIpc) is 2.25. The van der Waals surface area contributed by atoms with E-state index >= 15 is 0 Å². The summed E-state index contributed by atoms with van der Waals surface area (Å²) in [5.41, 5.74) is 0.327. The van der Waals surface area contributed by atoms with Crippen molar-refractivity contribution < 1.29 is 4.74 Å². The Morgan fingerprint density at radius 2 is 2.06 bits per heavy atom. The SMILES string of the molecule is CC(CNC(C)C)CC1CCOC2(CCC2)C1. The highest BCUT2D eigenvalue weighted by Crippen LogP contribution is 2.45. The van der Waals surface area contributed by atoms with Crippen molar-refractivity contribution in [3.63, 3.8) is 0 Å². The van der Waals surface area contributed by atoms with Gasteiger partial charge in [0.25, 0.3) is 0 Å². The average molecular weight is 239 g/mol. The molecule has 2 aliphatic rings. The van der Waals surface area contributed by atoms with E-state index in [-0.39, 0.29) is 0 Å². The Morgan fingerprint density at radius 3 is 2.65 bits per heavy atom. The van der Waals surface area contributed by atoms with Gasteiger partial charge in [0.05, 0.1) is 5.60 Å². The van der Waals surface area contributed by atoms with Crippen LogP contribution in [0.15, 0.2) is 0 Å². The van der Waals surface area contributed by atoms with Gasteiger partial charge in [0.15, 0.2) is 0 Å². The summed E-state index contributed by atoms with van der Waals surface area (Å²) in [7, 11) is 0. The lowest BCUT2D eigenvalue weighted by molar-refractivity contribution is -0.145. The van der Waals surface area contributed by atoms with Crippen LogP contribution >= 0.6 is 0 Å². The lowest BCUT2D eigenvalue weighted by Crippen LogP contribution is -2.46. The van der Waals surface area contributed by atoms with Crippen LogP contribution in [-0.2, 0) is 4.74 Å². The van der Waals surface area contributed by atoms with Crippen LogP contribution in [0.4, 0.5) is 0 Å². The minimum absolute atomic E-state index is 0.327. The molecule has 2 unspecified atom stereocenters. The third kappa shape index (κ3) is 3.69. The topological polar surface area (TPSA) is 21.3 Å². The van der Waals surface area contributed by atoms with E-state index in [0.29, 0.717) is 11.6 Å². The van der Waals surface area contributed by atoms with Gasteiger partial charge in [0.2, 0.25) is 0 Å². The van der Waals surface area contributed by atoms with Gasteiger partial charge in [-0.3, -0.25) is 0 Å². The molecule has 0 aromatic heterocycles. The second-order valence-electron chi connectivity index (χ2n) is 6.65. The minimum atomic E-state index is 0.327. The zero-order chi connectivity index (χ0) is 12.3. The summed E-state index contributed by atoms with van der Waals surface area (Å²) < 4.78 is 6.00. The number of hydrogen-bond acceptors (Lipinski definition) is 2. The fraction of sp³-hybridized carbons (Fsp3) is 1.00. The molecule has 1 spiro atoms. The first kappa shape index (κ1) is 13.4. The molecule has 2 atom stereocenters. The van der Waals surface area contributed by atoms with Gasteiger partial charge in [-0.2, -0.15) is 0 Å². The van der Waals surface area contributed by atoms with Crippen LogP contribution < -0.4 is 5.32 Å². The zero-order valence-corrected chi connectivity index (χ0v) is 11.8. The van der Waals surface area contributed by atoms with Crippen molar-refractivity contribution >= 4 is 0 Å². The molecule has 1 saturated carbocycles. The van der Waals surface area contributed by atoms with Gasteiger partial charge in [-0.15, -0.1) is 0 Å². The fourth-order valence-corrected chi connectivity index (χ4v) is 3.34. The maximum absolute atomic E-state index is 6.00. The van der Waals surface area contributed by atoms with Crippen molar-refractivity contribution in [2.75, 3.05) is 13.2 Å². The summed E-state index contributed by atoms with van der Waals surface area (Å²) in [6, 6.07) is 0.616. The number of nitrogens with one attached hydrogen (secondary N) is 1. The van der Waals surface area contributed by atoms with Crippen molar-refractivity contribution in [1.82, 2.24) is 5.32 Å². The van der Waals surface area contributed by atoms with Crippen molar-refractivity contribution in [2.24, 2.45) is 11.8 Å². The van der Waals surface area contributed by atoms with Gasteiger partial charge in [-0.05, 0) is 56.9 Å². The molecule has 0 aromatic carbocycles. The quantitative estimate of drug-likeness (QED) is 0.794. The van der Waals surface area contributed by atoms with E-state index in [1.54, 1.807) is 0 Å². The Morgan fingerprint density at radius 1 is 1.29 bits per heavy atom. The first-order valence-electron chi connectivity index (χ1n) is 7.47. The first-order chi connectivity index (χ1) is 8.10. The Balaban J connectivity index is 1.71. The lowest BCUT2D eigenvalue weighted by Gasteiger charge is -2.47. The van der Waals surface area contributed by atoms with Gasteiger partial charge >= 0.3 is 0 Å². The van der Waals surface area contributed by atoms with Crippen molar-refractivity contribution in [1.29, 1.82) is 0 Å². The smallest absolute Gasteiger partial charge is 0.0685 e. The molecule has 1 heterocycles. The van der Waals surface area contributed by atoms with Crippen LogP contribution in [0.25, 0.3) is 0 Å². The second-order valence-corrected chi connectivity index (χ2v) is 6.65. The van der Waals surface area contributed by atoms with Crippen LogP contribution in [0.3, 0.4) is 0 Å². The molecular weight excluding hydrogens is 210 g/mol. The molecule has 1 N–H and O–H groups in total. The molecule has 1 aliphatic carbocycles. The zero-order valence-electron chi connectivity index (χ0n) is 11.8. The molecule has 0 aromatic rings. The molecule has 100 valence electrons. The van der Waals surface area contributed by atoms with Crippen LogP contribution in [0.2, 0.25) is 0 Å². The number of rotatable bonds is 5. The standard InChI is InChI=1S/C15H29NO/c1-12(2)16-11-13(3)9-14-5-8-17-15(10-14)6-4-7-15/h12-14,16H,4-11H2,1-3H3. The van der Waals surface area contributed by atoms with E-state index in [2.05, 4.69) is 26.1 Å². The predicted molar refractivity (Wildman–Crippen MR) is 72.2 cm³/mol. The van der Waals surface area contributed by atoms with E-state index in [1.807, 2.05) is 0 Å². The Kier molecular flexibility index (Phi) is 4.48. The van der Waals surface area contributed by atoms with Crippen molar-refractivity contribution in [2.45, 2.75) is 70.9 Å². The normalized spacial score (nSPS) is 29.3. The van der Waals surface area contributed by atoms with Crippen LogP contribution in [-0.4, -0.2) is 24.8 Å². The van der Waals surface area contributed by atoms with E-state index in [0.717, 1.165) is 18.4 Å². The maximum Gasteiger partial charge on any atom is 0.0685 e. The number of hydrogen-bond donors (Lipinski definition) is 1. The summed E-state index contributed by atoms with van der Waals surface area (Å²) >= 11 is 0. The predicted octanol–water partition coefficient (Wildman–Crippen LogP) is 3.36. The fourth-order valence-electron chi connectivity index (χ4n) is 3.34. The summed E-state index contributed by atoms with van der Waals surface area (Å²) in [4.78, 5) is 0. The molecular formula is C15H29NO. The molecule has 0 amide bonds. The van der Waals surface area contributed by atoms with Crippen LogP contribution in [0, 0.1) is 11.8 Å². The highest BCUT2D eigenvalue weighted by atomic mass is 16.5. The van der Waals surface area contributed by atoms with Gasteiger partial charge < -0.3 is 10.1 Å². The van der Waals surface area contributed by atoms with Gasteiger partial charge in [0, 0.05) is 12.6 Å². The van der Waals surface area contributed by atoms with Gasteiger partial charge in [-0.25, -0.2) is 0 Å².